The van der Waals surface area contributed by atoms with E-state index in [4.69, 9.17) is 21.5 Å². The maximum atomic E-state index is 13.3. The number of aromatic nitrogens is 4. The minimum absolute atomic E-state index is 0.0583. The highest BCUT2D eigenvalue weighted by atomic mass is 35.5. The van der Waals surface area contributed by atoms with Crippen molar-refractivity contribution in [2.45, 2.75) is 61.6 Å². The lowest BCUT2D eigenvalue weighted by Crippen LogP contribution is -2.51. The number of fused-ring (bicyclic) bond motifs is 3. The fourth-order valence-electron chi connectivity index (χ4n) is 4.75. The van der Waals surface area contributed by atoms with Gasteiger partial charge in [-0.2, -0.15) is 0 Å². The van der Waals surface area contributed by atoms with Crippen LogP contribution in [0.1, 0.15) is 44.0 Å². The van der Waals surface area contributed by atoms with Crippen molar-refractivity contribution < 1.29 is 27.1 Å². The first-order chi connectivity index (χ1) is 17.5. The number of alkyl halides is 2. The van der Waals surface area contributed by atoms with Crippen molar-refractivity contribution >= 4 is 50.6 Å². The van der Waals surface area contributed by atoms with Gasteiger partial charge in [0.1, 0.15) is 10.4 Å². The maximum Gasteiger partial charge on any atom is 0.291 e. The average molecular weight is 576 g/mol. The molecule has 3 fully saturated rings. The molecule has 0 amide bonds. The fourth-order valence-corrected chi connectivity index (χ4v) is 7.18. The zero-order chi connectivity index (χ0) is 26.5. The summed E-state index contributed by atoms with van der Waals surface area (Å²) in [5.74, 6) is 0.179. The molecule has 3 aromatic rings. The van der Waals surface area contributed by atoms with Crippen LogP contribution in [0.4, 0.5) is 14.5 Å². The molecule has 11 nitrogen and oxygen atoms in total. The second-order valence-corrected chi connectivity index (χ2v) is 12.6. The van der Waals surface area contributed by atoms with Crippen molar-refractivity contribution in [2.24, 2.45) is 0 Å². The summed E-state index contributed by atoms with van der Waals surface area (Å²) in [5.41, 5.74) is 0.705. The monoisotopic (exact) mass is 575 g/mol. The van der Waals surface area contributed by atoms with E-state index < -0.39 is 27.0 Å². The van der Waals surface area contributed by atoms with Crippen LogP contribution in [-0.4, -0.2) is 70.3 Å². The average Bonchev–Trinajstić information content (AvgIpc) is 3.18. The number of hydrogen-bond donors (Lipinski definition) is 3. The molecular formula is C21H24ClF2N7O4S2. The summed E-state index contributed by atoms with van der Waals surface area (Å²) < 4.78 is 57.2. The topological polar surface area (TPSA) is 142 Å². The number of pyridine rings is 1. The Morgan fingerprint density at radius 1 is 1.30 bits per heavy atom. The normalized spacial score (nSPS) is 22.2. The first kappa shape index (κ1) is 26.2. The third-order valence-corrected chi connectivity index (χ3v) is 9.51. The SMILES string of the molecule is CC1(NS(=O)(=O)c2cc(N3C[C@H]4CC[C@@H](C3)N4)c3c(Cl)nc(-c4nnc(C(F)F)s4)n3c2)CC1.O=CO. The third-order valence-electron chi connectivity index (χ3n) is 6.71. The lowest BCUT2D eigenvalue weighted by atomic mass is 10.2. The quantitative estimate of drug-likeness (QED) is 0.378. The number of rotatable bonds is 6. The van der Waals surface area contributed by atoms with Gasteiger partial charge in [-0.05, 0) is 38.7 Å². The summed E-state index contributed by atoms with van der Waals surface area (Å²) in [6, 6.07) is 2.25. The summed E-state index contributed by atoms with van der Waals surface area (Å²) in [6.07, 6.45) is 2.31. The summed E-state index contributed by atoms with van der Waals surface area (Å²) >= 11 is 7.27. The van der Waals surface area contributed by atoms with Crippen molar-refractivity contribution in [3.63, 3.8) is 0 Å². The van der Waals surface area contributed by atoms with E-state index in [1.54, 1.807) is 10.5 Å². The number of hydrogen-bond acceptors (Lipinski definition) is 9. The molecule has 6 rings (SSSR count). The molecule has 3 aromatic heterocycles. The maximum absolute atomic E-state index is 13.3. The minimum atomic E-state index is -3.85. The third kappa shape index (κ3) is 5.14. The second-order valence-electron chi connectivity index (χ2n) is 9.57. The van der Waals surface area contributed by atoms with Crippen LogP contribution in [0.3, 0.4) is 0 Å². The van der Waals surface area contributed by atoms with Gasteiger partial charge in [0.05, 0.1) is 5.69 Å². The number of imidazole rings is 1. The first-order valence-electron chi connectivity index (χ1n) is 11.5. The Labute approximate surface area is 219 Å². The number of carboxylic acid groups (broad SMARTS) is 1. The molecule has 16 heteroatoms. The molecule has 3 N–H and O–H groups in total. The molecule has 200 valence electrons. The fraction of sp³-hybridized carbons (Fsp3) is 0.524. The van der Waals surface area contributed by atoms with Gasteiger partial charge >= 0.3 is 0 Å². The molecule has 1 saturated carbocycles. The molecule has 0 aromatic carbocycles. The lowest BCUT2D eigenvalue weighted by molar-refractivity contribution is -0.122. The molecule has 2 bridgehead atoms. The molecule has 1 aliphatic carbocycles. The van der Waals surface area contributed by atoms with Crippen molar-refractivity contribution in [1.29, 1.82) is 0 Å². The molecule has 3 aliphatic rings. The first-order valence-corrected chi connectivity index (χ1v) is 14.2. The molecule has 2 atom stereocenters. The van der Waals surface area contributed by atoms with Crippen LogP contribution >= 0.6 is 22.9 Å². The number of anilines is 1. The van der Waals surface area contributed by atoms with Gasteiger partial charge in [0.15, 0.2) is 21.0 Å². The van der Waals surface area contributed by atoms with Gasteiger partial charge < -0.3 is 15.3 Å². The van der Waals surface area contributed by atoms with E-state index >= 15 is 0 Å². The summed E-state index contributed by atoms with van der Waals surface area (Å²) in [6.45, 7) is 3.02. The number of nitrogens with zero attached hydrogens (tertiary/aromatic N) is 5. The largest absolute Gasteiger partial charge is 0.483 e. The predicted molar refractivity (Wildman–Crippen MR) is 133 cm³/mol. The Morgan fingerprint density at radius 3 is 2.51 bits per heavy atom. The van der Waals surface area contributed by atoms with Gasteiger partial charge in [-0.3, -0.25) is 9.20 Å². The molecular weight excluding hydrogens is 552 g/mol. The van der Waals surface area contributed by atoms with Crippen molar-refractivity contribution in [3.05, 3.63) is 22.4 Å². The number of carbonyl (C=O) groups is 1. The van der Waals surface area contributed by atoms with Crippen LogP contribution in [-0.2, 0) is 14.8 Å². The Morgan fingerprint density at radius 2 is 1.95 bits per heavy atom. The van der Waals surface area contributed by atoms with E-state index in [9.17, 15) is 17.2 Å². The number of nitrogens with one attached hydrogen (secondary N) is 2. The summed E-state index contributed by atoms with van der Waals surface area (Å²) in [7, 11) is -3.85. The molecule has 2 saturated heterocycles. The van der Waals surface area contributed by atoms with Crippen molar-refractivity contribution in [3.8, 4) is 10.8 Å². The second kappa shape index (κ2) is 9.69. The molecule has 5 heterocycles. The van der Waals surface area contributed by atoms with E-state index in [0.717, 1.165) is 25.7 Å². The Hall–Kier alpha value is -2.46. The van der Waals surface area contributed by atoms with Crippen LogP contribution in [0.25, 0.3) is 16.3 Å². The molecule has 0 radical (unpaired) electrons. The predicted octanol–water partition coefficient (Wildman–Crippen LogP) is 2.92. The van der Waals surface area contributed by atoms with E-state index in [1.165, 1.54) is 6.20 Å². The Kier molecular flexibility index (Phi) is 6.85. The molecule has 2 aliphatic heterocycles. The van der Waals surface area contributed by atoms with E-state index in [-0.39, 0.29) is 27.4 Å². The Balaban J connectivity index is 0.000000892. The van der Waals surface area contributed by atoms with Gasteiger partial charge in [-0.1, -0.05) is 22.9 Å². The minimum Gasteiger partial charge on any atom is -0.483 e. The molecule has 0 spiro atoms. The standard InChI is InChI=1S/C20H22ClF2N7O2S2.CH2O2/c1-20(4-5-20)28-34(31,32)12-6-13(29-7-10-2-3-11(8-29)24-10)14-15(21)25-17(30(14)9-12)19-27-26-18(33-19)16(22)23;2-1-3/h6,9-11,16,24,28H,2-5,7-8H2,1H3;1H,(H,2,3)/t10-,11+;. The number of halogens is 3. The van der Waals surface area contributed by atoms with Gasteiger partial charge in [-0.15, -0.1) is 10.2 Å². The van der Waals surface area contributed by atoms with Crippen LogP contribution in [0.5, 0.6) is 0 Å². The van der Waals surface area contributed by atoms with Gasteiger partial charge in [0.25, 0.3) is 12.9 Å². The zero-order valence-corrected chi connectivity index (χ0v) is 22.0. The van der Waals surface area contributed by atoms with E-state index in [2.05, 4.69) is 30.1 Å². The molecule has 0 unspecified atom stereocenters. The van der Waals surface area contributed by atoms with Crippen LogP contribution in [0, 0.1) is 0 Å². The number of sulfonamides is 1. The zero-order valence-electron chi connectivity index (χ0n) is 19.6. The van der Waals surface area contributed by atoms with E-state index in [1.807, 2.05) is 6.92 Å². The van der Waals surface area contributed by atoms with Crippen LogP contribution < -0.4 is 14.9 Å². The van der Waals surface area contributed by atoms with E-state index in [0.29, 0.717) is 47.7 Å². The highest BCUT2D eigenvalue weighted by molar-refractivity contribution is 7.89. The highest BCUT2D eigenvalue weighted by Crippen LogP contribution is 2.40. The summed E-state index contributed by atoms with van der Waals surface area (Å²) in [4.78, 5) is 14.9. The van der Waals surface area contributed by atoms with Crippen molar-refractivity contribution in [2.75, 3.05) is 18.0 Å². The lowest BCUT2D eigenvalue weighted by Gasteiger charge is -2.35. The number of piperazine rings is 1. The Bertz CT molecular complexity index is 1430. The van der Waals surface area contributed by atoms with Crippen LogP contribution in [0.2, 0.25) is 5.15 Å². The van der Waals surface area contributed by atoms with Crippen molar-refractivity contribution in [1.82, 2.24) is 29.6 Å². The van der Waals surface area contributed by atoms with Crippen LogP contribution in [0.15, 0.2) is 17.2 Å². The van der Waals surface area contributed by atoms with Gasteiger partial charge in [-0.25, -0.2) is 26.9 Å². The smallest absolute Gasteiger partial charge is 0.291 e. The highest BCUT2D eigenvalue weighted by Gasteiger charge is 2.42. The van der Waals surface area contributed by atoms with Gasteiger partial charge in [0.2, 0.25) is 10.0 Å². The van der Waals surface area contributed by atoms with Gasteiger partial charge in [0, 0.05) is 36.9 Å². The summed E-state index contributed by atoms with van der Waals surface area (Å²) in [5, 5.41) is 17.7. The molecule has 37 heavy (non-hydrogen) atoms.